The second-order valence-corrected chi connectivity index (χ2v) is 4.02. The summed E-state index contributed by atoms with van der Waals surface area (Å²) < 4.78 is 0. The molecule has 2 aromatic rings. The zero-order valence-corrected chi connectivity index (χ0v) is 10.9. The molecule has 0 radical (unpaired) electrons. The van der Waals surface area contributed by atoms with E-state index in [0.29, 0.717) is 11.4 Å². The molecule has 7 nitrogen and oxygen atoms in total. The maximum Gasteiger partial charge on any atom is 0.339 e. The third kappa shape index (κ3) is 3.77. The Morgan fingerprint density at radius 2 is 2.20 bits per heavy atom. The van der Waals surface area contributed by atoms with E-state index in [1.807, 2.05) is 25.1 Å². The van der Waals surface area contributed by atoms with Gasteiger partial charge >= 0.3 is 6.03 Å². The molecule has 20 heavy (non-hydrogen) atoms. The van der Waals surface area contributed by atoms with Gasteiger partial charge < -0.3 is 11.1 Å². The average Bonchev–Trinajstić information content (AvgIpc) is 2.46. The Hall–Kier alpha value is -2.96. The Balaban J connectivity index is 1.95. The summed E-state index contributed by atoms with van der Waals surface area (Å²) in [5, 5.41) is 6.38. The minimum absolute atomic E-state index is 0.0810. The van der Waals surface area contributed by atoms with E-state index in [4.69, 9.17) is 5.73 Å². The van der Waals surface area contributed by atoms with Crippen LogP contribution < -0.4 is 16.5 Å². The molecule has 1 aromatic heterocycles. The number of hydrazone groups is 1. The summed E-state index contributed by atoms with van der Waals surface area (Å²) in [6.07, 6.45) is 4.47. The summed E-state index contributed by atoms with van der Waals surface area (Å²) in [5.41, 5.74) is 10.1. The lowest BCUT2D eigenvalue weighted by Crippen LogP contribution is -2.28. The first-order chi connectivity index (χ1) is 9.65. The predicted octanol–water partition coefficient (Wildman–Crippen LogP) is 1.23. The molecule has 0 saturated carbocycles. The first kappa shape index (κ1) is 13.5. The molecule has 102 valence electrons. The maximum absolute atomic E-state index is 11.6. The van der Waals surface area contributed by atoms with Crippen molar-refractivity contribution in [2.45, 2.75) is 6.92 Å². The fourth-order valence-electron chi connectivity index (χ4n) is 1.48. The molecule has 0 aliphatic heterocycles. The van der Waals surface area contributed by atoms with Crippen LogP contribution in [0.25, 0.3) is 0 Å². The number of urea groups is 1. The molecule has 2 amide bonds. The van der Waals surface area contributed by atoms with E-state index < -0.39 is 6.03 Å². The van der Waals surface area contributed by atoms with Crippen LogP contribution >= 0.6 is 0 Å². The summed E-state index contributed by atoms with van der Waals surface area (Å²) in [7, 11) is 0. The molecule has 1 aromatic carbocycles. The zero-order valence-electron chi connectivity index (χ0n) is 10.9. The van der Waals surface area contributed by atoms with Crippen molar-refractivity contribution in [3.05, 3.63) is 54.1 Å². The van der Waals surface area contributed by atoms with Crippen molar-refractivity contribution in [3.63, 3.8) is 0 Å². The van der Waals surface area contributed by atoms with Crippen LogP contribution in [0.2, 0.25) is 0 Å². The Bertz CT molecular complexity index is 626. The highest BCUT2D eigenvalue weighted by atomic mass is 16.2. The number of aromatic nitrogens is 2. The molecular weight excluding hydrogens is 256 g/mol. The lowest BCUT2D eigenvalue weighted by Gasteiger charge is -2.05. The van der Waals surface area contributed by atoms with Crippen molar-refractivity contribution < 1.29 is 4.79 Å². The summed E-state index contributed by atoms with van der Waals surface area (Å²) in [6.45, 7) is 1.94. The maximum atomic E-state index is 11.6. The third-order valence-corrected chi connectivity index (χ3v) is 2.38. The van der Waals surface area contributed by atoms with E-state index in [1.54, 1.807) is 6.07 Å². The highest BCUT2D eigenvalue weighted by Gasteiger charge is 2.03. The largest absolute Gasteiger partial charge is 0.380 e. The number of nitrogens with one attached hydrogen (secondary N) is 2. The van der Waals surface area contributed by atoms with Gasteiger partial charge in [0, 0.05) is 18.1 Å². The summed E-state index contributed by atoms with van der Waals surface area (Å²) in [5.74, 6) is 0.0810. The summed E-state index contributed by atoms with van der Waals surface area (Å²) in [6, 6.07) is 6.93. The van der Waals surface area contributed by atoms with E-state index in [9.17, 15) is 4.79 Å². The molecule has 0 saturated heterocycles. The number of amides is 2. The van der Waals surface area contributed by atoms with Crippen LogP contribution in [0.4, 0.5) is 10.5 Å². The molecule has 2 rings (SSSR count). The highest BCUT2D eigenvalue weighted by molar-refractivity contribution is 5.97. The van der Waals surface area contributed by atoms with E-state index in [-0.39, 0.29) is 5.84 Å². The third-order valence-electron chi connectivity index (χ3n) is 2.38. The van der Waals surface area contributed by atoms with Crippen LogP contribution in [-0.4, -0.2) is 21.8 Å². The number of hydrogen-bond acceptors (Lipinski definition) is 4. The van der Waals surface area contributed by atoms with Crippen LogP contribution in [0.1, 0.15) is 11.3 Å². The summed E-state index contributed by atoms with van der Waals surface area (Å²) in [4.78, 5) is 19.5. The molecule has 0 bridgehead atoms. The van der Waals surface area contributed by atoms with Crippen molar-refractivity contribution in [1.29, 1.82) is 0 Å². The molecule has 0 aliphatic rings. The molecule has 0 fully saturated rings. The van der Waals surface area contributed by atoms with Gasteiger partial charge in [0.25, 0.3) is 0 Å². The molecule has 0 atom stereocenters. The number of carbonyl (C=O) groups is 1. The molecule has 1 heterocycles. The Labute approximate surface area is 115 Å². The number of amidine groups is 1. The second-order valence-electron chi connectivity index (χ2n) is 4.02. The van der Waals surface area contributed by atoms with Crippen LogP contribution in [0.5, 0.6) is 0 Å². The quantitative estimate of drug-likeness (QED) is 0.443. The minimum atomic E-state index is -0.484. The number of nitrogens with two attached hydrogens (primary N) is 1. The fraction of sp³-hybridized carbons (Fsp3) is 0.0769. The number of nitrogens with zero attached hydrogens (tertiary/aromatic N) is 3. The highest BCUT2D eigenvalue weighted by Crippen LogP contribution is 2.08. The van der Waals surface area contributed by atoms with Crippen LogP contribution in [0, 0.1) is 6.92 Å². The van der Waals surface area contributed by atoms with Gasteiger partial charge in [0.15, 0.2) is 5.84 Å². The van der Waals surface area contributed by atoms with Crippen molar-refractivity contribution in [1.82, 2.24) is 15.4 Å². The summed E-state index contributed by atoms with van der Waals surface area (Å²) >= 11 is 0. The zero-order chi connectivity index (χ0) is 14.4. The van der Waals surface area contributed by atoms with Crippen molar-refractivity contribution in [2.75, 3.05) is 5.32 Å². The Kier molecular flexibility index (Phi) is 4.23. The normalized spacial score (nSPS) is 10.9. The van der Waals surface area contributed by atoms with E-state index in [2.05, 4.69) is 25.8 Å². The van der Waals surface area contributed by atoms with Crippen molar-refractivity contribution >= 4 is 17.6 Å². The first-order valence-corrected chi connectivity index (χ1v) is 5.88. The lowest BCUT2D eigenvalue weighted by atomic mass is 10.2. The number of hydrogen-bond donors (Lipinski definition) is 3. The van der Waals surface area contributed by atoms with Crippen LogP contribution in [0.3, 0.4) is 0 Å². The second kappa shape index (κ2) is 6.28. The van der Waals surface area contributed by atoms with Crippen molar-refractivity contribution in [3.8, 4) is 0 Å². The predicted molar refractivity (Wildman–Crippen MR) is 76.1 cm³/mol. The van der Waals surface area contributed by atoms with Crippen LogP contribution in [0.15, 0.2) is 48.0 Å². The number of aryl methyl sites for hydroxylation is 1. The smallest absolute Gasteiger partial charge is 0.339 e. The first-order valence-electron chi connectivity index (χ1n) is 5.88. The van der Waals surface area contributed by atoms with Crippen molar-refractivity contribution in [2.24, 2.45) is 10.8 Å². The van der Waals surface area contributed by atoms with Gasteiger partial charge in [-0.15, -0.1) is 0 Å². The molecule has 0 unspecified atom stereocenters. The van der Waals surface area contributed by atoms with Gasteiger partial charge in [0.1, 0.15) is 5.69 Å². The number of rotatable bonds is 3. The standard InChI is InChI=1S/C13H14N6O/c1-9-3-2-4-10(7-9)17-13(20)19-18-12(14)11-8-15-5-6-16-11/h2-8H,1H3,(H2,14,18)(H2,17,19,20). The number of carbonyl (C=O) groups excluding carboxylic acids is 1. The van der Waals surface area contributed by atoms with Gasteiger partial charge in [0.05, 0.1) is 6.20 Å². The van der Waals surface area contributed by atoms with Gasteiger partial charge in [-0.3, -0.25) is 4.98 Å². The van der Waals surface area contributed by atoms with Gasteiger partial charge in [-0.25, -0.2) is 15.2 Å². The average molecular weight is 270 g/mol. The Morgan fingerprint density at radius 3 is 2.90 bits per heavy atom. The molecule has 4 N–H and O–H groups in total. The van der Waals surface area contributed by atoms with Gasteiger partial charge in [-0.05, 0) is 24.6 Å². The Morgan fingerprint density at radius 1 is 1.35 bits per heavy atom. The molecular formula is C13H14N6O. The number of anilines is 1. The molecule has 7 heteroatoms. The topological polar surface area (TPSA) is 105 Å². The van der Waals surface area contributed by atoms with Crippen LogP contribution in [-0.2, 0) is 0 Å². The van der Waals surface area contributed by atoms with Gasteiger partial charge in [-0.2, -0.15) is 5.10 Å². The van der Waals surface area contributed by atoms with E-state index in [1.165, 1.54) is 18.6 Å². The monoisotopic (exact) mass is 270 g/mol. The lowest BCUT2D eigenvalue weighted by molar-refractivity contribution is 0.252. The number of benzene rings is 1. The van der Waals surface area contributed by atoms with E-state index >= 15 is 0 Å². The van der Waals surface area contributed by atoms with E-state index in [0.717, 1.165) is 5.56 Å². The minimum Gasteiger partial charge on any atom is -0.380 e. The molecule has 0 aliphatic carbocycles. The van der Waals surface area contributed by atoms with Gasteiger partial charge in [0.2, 0.25) is 0 Å². The van der Waals surface area contributed by atoms with Gasteiger partial charge in [-0.1, -0.05) is 12.1 Å². The molecule has 0 spiro atoms. The SMILES string of the molecule is Cc1cccc(NC(=O)N/N=C(\N)c2cnccn2)c1. The fourth-order valence-corrected chi connectivity index (χ4v) is 1.48.